The summed E-state index contributed by atoms with van der Waals surface area (Å²) in [5.41, 5.74) is 9.06. The first-order valence-electron chi connectivity index (χ1n) is 15.5. The standard InChI is InChI=1S/C39H27N3/c1-26-41-36-12-6-7-13-37(36)42(26)31-20-18-30(19-21-31)39-34-10-4-2-8-32(34)38(33-9-3-5-11-35(33)39)29-16-14-27(15-17-29)28-22-24-40-25-23-28/h2-25H,1H3/i1D3. The zero-order chi connectivity index (χ0) is 30.5. The third-order valence-electron chi connectivity index (χ3n) is 8.09. The minimum absolute atomic E-state index is 0.0617. The van der Waals surface area contributed by atoms with Gasteiger partial charge in [-0.25, -0.2) is 4.98 Å². The molecule has 0 fully saturated rings. The van der Waals surface area contributed by atoms with E-state index < -0.39 is 6.85 Å². The van der Waals surface area contributed by atoms with Crippen molar-refractivity contribution in [2.24, 2.45) is 0 Å². The molecule has 0 aliphatic rings. The van der Waals surface area contributed by atoms with E-state index in [0.29, 0.717) is 5.52 Å². The third-order valence-corrected chi connectivity index (χ3v) is 8.09. The lowest BCUT2D eigenvalue weighted by atomic mass is 9.85. The van der Waals surface area contributed by atoms with Gasteiger partial charge < -0.3 is 0 Å². The van der Waals surface area contributed by atoms with E-state index in [4.69, 9.17) is 4.11 Å². The molecule has 0 amide bonds. The molecule has 3 nitrogen and oxygen atoms in total. The highest BCUT2D eigenvalue weighted by molar-refractivity contribution is 6.21. The second-order valence-corrected chi connectivity index (χ2v) is 10.5. The SMILES string of the molecule is [2H]C([2H])([2H])c1nc2ccccc2n1-c1ccc(-c2c3ccccc3c(-c3ccc(-c4ccncc4)cc3)c3ccccc23)cc1. The van der Waals surface area contributed by atoms with Crippen LogP contribution >= 0.6 is 0 Å². The Morgan fingerprint density at radius 3 is 1.55 bits per heavy atom. The van der Waals surface area contributed by atoms with Gasteiger partial charge in [0.2, 0.25) is 0 Å². The Labute approximate surface area is 248 Å². The molecule has 0 spiro atoms. The van der Waals surface area contributed by atoms with Gasteiger partial charge in [0.25, 0.3) is 0 Å². The quantitative estimate of drug-likeness (QED) is 0.208. The summed E-state index contributed by atoms with van der Waals surface area (Å²) in [6.07, 6.45) is 3.64. The van der Waals surface area contributed by atoms with E-state index in [1.165, 1.54) is 16.3 Å². The summed E-state index contributed by atoms with van der Waals surface area (Å²) in [7, 11) is 0. The number of rotatable bonds is 4. The van der Waals surface area contributed by atoms with Crippen molar-refractivity contribution >= 4 is 32.6 Å². The molecule has 198 valence electrons. The molecule has 6 aromatic carbocycles. The number of para-hydroxylation sites is 2. The lowest BCUT2D eigenvalue weighted by Gasteiger charge is -2.18. The van der Waals surface area contributed by atoms with Crippen LogP contribution in [0, 0.1) is 6.85 Å². The largest absolute Gasteiger partial charge is 0.297 e. The molecule has 3 heteroatoms. The maximum absolute atomic E-state index is 8.15. The van der Waals surface area contributed by atoms with Gasteiger partial charge in [-0.2, -0.15) is 0 Å². The Morgan fingerprint density at radius 1 is 0.500 bits per heavy atom. The monoisotopic (exact) mass is 540 g/mol. The van der Waals surface area contributed by atoms with Crippen LogP contribution in [-0.4, -0.2) is 14.5 Å². The van der Waals surface area contributed by atoms with Crippen LogP contribution in [-0.2, 0) is 0 Å². The molecule has 0 aliphatic heterocycles. The summed E-state index contributed by atoms with van der Waals surface area (Å²) in [5, 5.41) is 4.68. The molecule has 0 N–H and O–H groups in total. The molecular formula is C39H27N3. The first kappa shape index (κ1) is 21.2. The van der Waals surface area contributed by atoms with Gasteiger partial charge in [-0.15, -0.1) is 0 Å². The van der Waals surface area contributed by atoms with Crippen LogP contribution < -0.4 is 0 Å². The van der Waals surface area contributed by atoms with Gasteiger partial charge in [0.05, 0.1) is 11.0 Å². The average Bonchev–Trinajstić information content (AvgIpc) is 3.49. The van der Waals surface area contributed by atoms with Crippen LogP contribution in [0.25, 0.3) is 71.6 Å². The lowest BCUT2D eigenvalue weighted by molar-refractivity contribution is 1.00. The molecule has 0 saturated heterocycles. The van der Waals surface area contributed by atoms with E-state index in [-0.39, 0.29) is 5.82 Å². The smallest absolute Gasteiger partial charge is 0.111 e. The number of hydrogen-bond donors (Lipinski definition) is 0. The number of hydrogen-bond acceptors (Lipinski definition) is 2. The van der Waals surface area contributed by atoms with Gasteiger partial charge in [-0.1, -0.05) is 97.1 Å². The molecule has 2 heterocycles. The number of fused-ring (bicyclic) bond motifs is 3. The number of aromatic nitrogens is 3. The van der Waals surface area contributed by atoms with Crippen molar-refractivity contribution in [1.29, 1.82) is 0 Å². The number of aryl methyl sites for hydroxylation is 1. The van der Waals surface area contributed by atoms with E-state index in [0.717, 1.165) is 49.8 Å². The van der Waals surface area contributed by atoms with E-state index >= 15 is 0 Å². The summed E-state index contributed by atoms with van der Waals surface area (Å²) < 4.78 is 26.2. The van der Waals surface area contributed by atoms with Crippen LogP contribution in [0.2, 0.25) is 0 Å². The van der Waals surface area contributed by atoms with E-state index in [9.17, 15) is 0 Å². The van der Waals surface area contributed by atoms with Crippen molar-refractivity contribution in [2.75, 3.05) is 0 Å². The Kier molecular flexibility index (Phi) is 4.97. The Hall–Kier alpha value is -5.54. The van der Waals surface area contributed by atoms with Crippen LogP contribution in [0.3, 0.4) is 0 Å². The van der Waals surface area contributed by atoms with Crippen molar-refractivity contribution in [3.63, 3.8) is 0 Å². The highest BCUT2D eigenvalue weighted by atomic mass is 15.1. The summed E-state index contributed by atoms with van der Waals surface area (Å²) >= 11 is 0. The molecule has 8 aromatic rings. The first-order chi connectivity index (χ1) is 22.0. The molecule has 0 atom stereocenters. The van der Waals surface area contributed by atoms with E-state index in [1.54, 1.807) is 4.57 Å². The van der Waals surface area contributed by atoms with Crippen molar-refractivity contribution in [2.45, 2.75) is 6.85 Å². The zero-order valence-corrected chi connectivity index (χ0v) is 22.7. The first-order valence-corrected chi connectivity index (χ1v) is 14.0. The van der Waals surface area contributed by atoms with Gasteiger partial charge in [-0.3, -0.25) is 9.55 Å². The predicted octanol–water partition coefficient (Wildman–Crippen LogP) is 10.0. The Morgan fingerprint density at radius 2 is 0.976 bits per heavy atom. The second-order valence-electron chi connectivity index (χ2n) is 10.5. The Balaban J connectivity index is 1.30. The highest BCUT2D eigenvalue weighted by Gasteiger charge is 2.17. The van der Waals surface area contributed by atoms with Gasteiger partial charge >= 0.3 is 0 Å². The van der Waals surface area contributed by atoms with Crippen LogP contribution in [0.4, 0.5) is 0 Å². The average molecular weight is 541 g/mol. The van der Waals surface area contributed by atoms with Crippen molar-refractivity contribution in [3.8, 4) is 39.1 Å². The molecular weight excluding hydrogens is 510 g/mol. The molecule has 0 unspecified atom stereocenters. The molecule has 0 radical (unpaired) electrons. The summed E-state index contributed by atoms with van der Waals surface area (Å²) in [5.74, 6) is 0.0617. The van der Waals surface area contributed by atoms with Crippen LogP contribution in [0.5, 0.6) is 0 Å². The molecule has 8 rings (SSSR count). The number of benzene rings is 6. The summed E-state index contributed by atoms with van der Waals surface area (Å²) in [6.45, 7) is -2.35. The van der Waals surface area contributed by atoms with E-state index in [2.05, 4.69) is 94.9 Å². The van der Waals surface area contributed by atoms with Gasteiger partial charge in [0.15, 0.2) is 0 Å². The van der Waals surface area contributed by atoms with Gasteiger partial charge in [0.1, 0.15) is 5.82 Å². The zero-order valence-electron chi connectivity index (χ0n) is 25.7. The second kappa shape index (κ2) is 9.83. The minimum Gasteiger partial charge on any atom is -0.297 e. The molecule has 42 heavy (non-hydrogen) atoms. The summed E-state index contributed by atoms with van der Waals surface area (Å²) in [4.78, 5) is 8.64. The number of imidazole rings is 1. The minimum atomic E-state index is -2.35. The van der Waals surface area contributed by atoms with Crippen LogP contribution in [0.1, 0.15) is 9.94 Å². The highest BCUT2D eigenvalue weighted by Crippen LogP contribution is 2.44. The van der Waals surface area contributed by atoms with E-state index in [1.807, 2.05) is 60.9 Å². The topological polar surface area (TPSA) is 30.7 Å². The maximum atomic E-state index is 8.15. The third kappa shape index (κ3) is 3.90. The lowest BCUT2D eigenvalue weighted by Crippen LogP contribution is -1.97. The number of pyridine rings is 1. The predicted molar refractivity (Wildman–Crippen MR) is 175 cm³/mol. The molecule has 0 bridgehead atoms. The molecule has 2 aromatic heterocycles. The van der Waals surface area contributed by atoms with Crippen molar-refractivity contribution < 1.29 is 4.11 Å². The Bertz CT molecular complexity index is 2280. The molecule has 0 aliphatic carbocycles. The van der Waals surface area contributed by atoms with Gasteiger partial charge in [-0.05, 0) is 98.2 Å². The fraction of sp³-hybridized carbons (Fsp3) is 0.0256. The fourth-order valence-corrected chi connectivity index (χ4v) is 6.19. The number of nitrogens with zero attached hydrogens (tertiary/aromatic N) is 3. The van der Waals surface area contributed by atoms with Crippen LogP contribution in [0.15, 0.2) is 146 Å². The van der Waals surface area contributed by atoms with Crippen molar-refractivity contribution in [3.05, 3.63) is 152 Å². The summed E-state index contributed by atoms with van der Waals surface area (Å²) in [6, 6.07) is 45.7. The van der Waals surface area contributed by atoms with Crippen molar-refractivity contribution in [1.82, 2.24) is 14.5 Å². The van der Waals surface area contributed by atoms with Gasteiger partial charge in [0, 0.05) is 22.2 Å². The molecule has 0 saturated carbocycles. The fourth-order valence-electron chi connectivity index (χ4n) is 6.19. The normalized spacial score (nSPS) is 12.8. The maximum Gasteiger partial charge on any atom is 0.111 e.